The summed E-state index contributed by atoms with van der Waals surface area (Å²) in [5.41, 5.74) is 1.29. The molecule has 0 atom stereocenters. The number of carbonyl (C=O) groups excluding carboxylic acids is 1. The third-order valence-corrected chi connectivity index (χ3v) is 2.03. The minimum absolute atomic E-state index is 0.00227. The highest BCUT2D eigenvalue weighted by molar-refractivity contribution is 6.08. The zero-order valence-corrected chi connectivity index (χ0v) is 7.86. The Morgan fingerprint density at radius 3 is 2.43 bits per heavy atom. The van der Waals surface area contributed by atoms with Crippen molar-refractivity contribution in [1.82, 2.24) is 0 Å². The summed E-state index contributed by atoms with van der Waals surface area (Å²) in [4.78, 5) is 11.8. The lowest BCUT2D eigenvalue weighted by molar-refractivity contribution is 0.103. The molecule has 0 radical (unpaired) electrons. The largest absolute Gasteiger partial charge is 0.469 e. The molecule has 0 aliphatic carbocycles. The van der Waals surface area contributed by atoms with E-state index in [-0.39, 0.29) is 5.78 Å². The third kappa shape index (κ3) is 1.59. The van der Waals surface area contributed by atoms with E-state index in [1.165, 1.54) is 6.26 Å². The van der Waals surface area contributed by atoms with E-state index in [1.807, 2.05) is 25.1 Å². The second kappa shape index (κ2) is 3.50. The maximum absolute atomic E-state index is 11.8. The summed E-state index contributed by atoms with van der Waals surface area (Å²) >= 11 is 0. The Morgan fingerprint density at radius 2 is 1.86 bits per heavy atom. The van der Waals surface area contributed by atoms with Gasteiger partial charge in [0.1, 0.15) is 12.0 Å². The van der Waals surface area contributed by atoms with Crippen LogP contribution in [0.1, 0.15) is 21.7 Å². The third-order valence-electron chi connectivity index (χ3n) is 2.03. The number of benzene rings is 1. The SMILES string of the molecule is Cc1cc(C(=O)c2ccccc2)co1. The lowest BCUT2D eigenvalue weighted by Gasteiger charge is -1.95. The molecule has 70 valence electrons. The lowest BCUT2D eigenvalue weighted by atomic mass is 10.1. The molecule has 0 fully saturated rings. The van der Waals surface area contributed by atoms with Crippen LogP contribution in [0.4, 0.5) is 0 Å². The first-order chi connectivity index (χ1) is 6.77. The predicted octanol–water partition coefficient (Wildman–Crippen LogP) is 2.82. The quantitative estimate of drug-likeness (QED) is 0.675. The highest BCUT2D eigenvalue weighted by Gasteiger charge is 2.10. The molecular formula is C12H10O2. The standard InChI is InChI=1S/C12H10O2/c1-9-7-11(8-14-9)12(13)10-5-3-2-4-6-10/h2-8H,1H3. The molecular weight excluding hydrogens is 176 g/mol. The average Bonchev–Trinajstić information content (AvgIpc) is 2.65. The number of hydrogen-bond acceptors (Lipinski definition) is 2. The van der Waals surface area contributed by atoms with Crippen LogP contribution in [0.3, 0.4) is 0 Å². The fraction of sp³-hybridized carbons (Fsp3) is 0.0833. The summed E-state index contributed by atoms with van der Waals surface area (Å²) in [5, 5.41) is 0. The van der Waals surface area contributed by atoms with Crippen LogP contribution in [0.5, 0.6) is 0 Å². The van der Waals surface area contributed by atoms with Gasteiger partial charge in [0.25, 0.3) is 0 Å². The van der Waals surface area contributed by atoms with Gasteiger partial charge in [-0.1, -0.05) is 30.3 Å². The van der Waals surface area contributed by atoms with E-state index >= 15 is 0 Å². The summed E-state index contributed by atoms with van der Waals surface area (Å²) < 4.78 is 5.09. The summed E-state index contributed by atoms with van der Waals surface area (Å²) in [7, 11) is 0. The Balaban J connectivity index is 2.34. The van der Waals surface area contributed by atoms with Crippen LogP contribution in [0.2, 0.25) is 0 Å². The molecule has 0 amide bonds. The molecule has 1 aromatic carbocycles. The van der Waals surface area contributed by atoms with Gasteiger partial charge in [-0.2, -0.15) is 0 Å². The zero-order valence-electron chi connectivity index (χ0n) is 7.86. The van der Waals surface area contributed by atoms with Crippen molar-refractivity contribution < 1.29 is 9.21 Å². The maximum Gasteiger partial charge on any atom is 0.196 e. The molecule has 1 aromatic heterocycles. The highest BCUT2D eigenvalue weighted by atomic mass is 16.3. The molecule has 0 unspecified atom stereocenters. The van der Waals surface area contributed by atoms with Crippen LogP contribution >= 0.6 is 0 Å². The van der Waals surface area contributed by atoms with Gasteiger partial charge in [-0.05, 0) is 13.0 Å². The van der Waals surface area contributed by atoms with E-state index in [0.717, 1.165) is 5.76 Å². The van der Waals surface area contributed by atoms with Gasteiger partial charge < -0.3 is 4.42 Å². The first-order valence-corrected chi connectivity index (χ1v) is 4.42. The van der Waals surface area contributed by atoms with Gasteiger partial charge in [0.15, 0.2) is 5.78 Å². The number of ketones is 1. The van der Waals surface area contributed by atoms with Gasteiger partial charge in [0.2, 0.25) is 0 Å². The van der Waals surface area contributed by atoms with Crippen molar-refractivity contribution in [1.29, 1.82) is 0 Å². The minimum atomic E-state index is 0.00227. The van der Waals surface area contributed by atoms with Crippen LogP contribution in [-0.2, 0) is 0 Å². The lowest BCUT2D eigenvalue weighted by Crippen LogP contribution is -1.98. The number of rotatable bonds is 2. The summed E-state index contributed by atoms with van der Waals surface area (Å²) in [6, 6.07) is 10.9. The monoisotopic (exact) mass is 186 g/mol. The van der Waals surface area contributed by atoms with Gasteiger partial charge >= 0.3 is 0 Å². The van der Waals surface area contributed by atoms with E-state index in [2.05, 4.69) is 0 Å². The van der Waals surface area contributed by atoms with Crippen molar-refractivity contribution in [3.05, 3.63) is 59.5 Å². The first-order valence-electron chi connectivity index (χ1n) is 4.42. The summed E-state index contributed by atoms with van der Waals surface area (Å²) in [5.74, 6) is 0.756. The first kappa shape index (κ1) is 8.75. The predicted molar refractivity (Wildman–Crippen MR) is 53.3 cm³/mol. The van der Waals surface area contributed by atoms with Crippen molar-refractivity contribution in [3.63, 3.8) is 0 Å². The van der Waals surface area contributed by atoms with Crippen LogP contribution in [-0.4, -0.2) is 5.78 Å². The van der Waals surface area contributed by atoms with Crippen LogP contribution in [0.25, 0.3) is 0 Å². The molecule has 0 aliphatic rings. The van der Waals surface area contributed by atoms with Gasteiger partial charge in [-0.3, -0.25) is 4.79 Å². The van der Waals surface area contributed by atoms with Crippen LogP contribution in [0.15, 0.2) is 47.1 Å². The molecule has 0 spiro atoms. The Labute approximate surface area is 82.2 Å². The Hall–Kier alpha value is -1.83. The van der Waals surface area contributed by atoms with Gasteiger partial charge in [-0.25, -0.2) is 0 Å². The molecule has 0 N–H and O–H groups in total. The Kier molecular flexibility index (Phi) is 2.19. The van der Waals surface area contributed by atoms with Crippen LogP contribution in [0, 0.1) is 6.92 Å². The van der Waals surface area contributed by atoms with Crippen molar-refractivity contribution in [2.75, 3.05) is 0 Å². The minimum Gasteiger partial charge on any atom is -0.469 e. The Morgan fingerprint density at radius 1 is 1.14 bits per heavy atom. The second-order valence-corrected chi connectivity index (χ2v) is 3.14. The Bertz CT molecular complexity index is 440. The summed E-state index contributed by atoms with van der Waals surface area (Å²) in [6.07, 6.45) is 1.49. The van der Waals surface area contributed by atoms with Crippen molar-refractivity contribution in [2.24, 2.45) is 0 Å². The van der Waals surface area contributed by atoms with Crippen molar-refractivity contribution >= 4 is 5.78 Å². The van der Waals surface area contributed by atoms with Crippen LogP contribution < -0.4 is 0 Å². The highest BCUT2D eigenvalue weighted by Crippen LogP contribution is 2.12. The molecule has 2 rings (SSSR count). The smallest absolute Gasteiger partial charge is 0.196 e. The molecule has 1 heterocycles. The topological polar surface area (TPSA) is 30.2 Å². The van der Waals surface area contributed by atoms with Gasteiger partial charge in [0, 0.05) is 5.56 Å². The summed E-state index contributed by atoms with van der Waals surface area (Å²) in [6.45, 7) is 1.82. The molecule has 2 nitrogen and oxygen atoms in total. The molecule has 0 bridgehead atoms. The zero-order chi connectivity index (χ0) is 9.97. The fourth-order valence-corrected chi connectivity index (χ4v) is 1.32. The maximum atomic E-state index is 11.8. The van der Waals surface area contributed by atoms with E-state index in [1.54, 1.807) is 18.2 Å². The second-order valence-electron chi connectivity index (χ2n) is 3.14. The number of carbonyl (C=O) groups is 1. The van der Waals surface area contributed by atoms with Gasteiger partial charge in [0.05, 0.1) is 5.56 Å². The van der Waals surface area contributed by atoms with Gasteiger partial charge in [-0.15, -0.1) is 0 Å². The van der Waals surface area contributed by atoms with E-state index in [4.69, 9.17) is 4.42 Å². The van der Waals surface area contributed by atoms with Crippen molar-refractivity contribution in [2.45, 2.75) is 6.92 Å². The van der Waals surface area contributed by atoms with E-state index < -0.39 is 0 Å². The molecule has 2 aromatic rings. The molecule has 0 saturated carbocycles. The van der Waals surface area contributed by atoms with E-state index in [9.17, 15) is 4.79 Å². The fourth-order valence-electron chi connectivity index (χ4n) is 1.32. The van der Waals surface area contributed by atoms with E-state index in [0.29, 0.717) is 11.1 Å². The molecule has 0 aliphatic heterocycles. The number of furan rings is 1. The molecule has 0 saturated heterocycles. The molecule has 14 heavy (non-hydrogen) atoms. The average molecular weight is 186 g/mol. The van der Waals surface area contributed by atoms with Crippen molar-refractivity contribution in [3.8, 4) is 0 Å². The number of hydrogen-bond donors (Lipinski definition) is 0. The normalized spacial score (nSPS) is 10.1. The molecule has 2 heteroatoms. The number of aryl methyl sites for hydroxylation is 1.